The number of alkyl halides is 2. The molecule has 3 atom stereocenters. The molecule has 3 aromatic rings. The van der Waals surface area contributed by atoms with Crippen molar-refractivity contribution < 1.29 is 27.4 Å². The van der Waals surface area contributed by atoms with Gasteiger partial charge in [0.25, 0.3) is 0 Å². The van der Waals surface area contributed by atoms with E-state index in [9.17, 15) is 9.50 Å². The Morgan fingerprint density at radius 3 is 2.53 bits per heavy atom. The Labute approximate surface area is 207 Å². The minimum Gasteiger partial charge on any atom is -0.478 e. The van der Waals surface area contributed by atoms with Gasteiger partial charge in [-0.1, -0.05) is 18.2 Å². The zero-order valence-corrected chi connectivity index (χ0v) is 20.4. The third-order valence-corrected chi connectivity index (χ3v) is 7.35. The number of aromatic nitrogens is 1. The van der Waals surface area contributed by atoms with Crippen molar-refractivity contribution in [2.75, 3.05) is 39.6 Å². The summed E-state index contributed by atoms with van der Waals surface area (Å²) < 4.78 is 64.5. The van der Waals surface area contributed by atoms with Gasteiger partial charge >= 0.3 is 0 Å². The van der Waals surface area contributed by atoms with Crippen molar-refractivity contribution >= 4 is 10.9 Å². The number of nitrogens with zero attached hydrogens (tertiary/aromatic N) is 2. The molecule has 5 nitrogen and oxygen atoms in total. The number of aliphatic hydroxyl groups is 1. The molecule has 2 aliphatic heterocycles. The molecule has 2 N–H and O–H groups in total. The van der Waals surface area contributed by atoms with E-state index in [2.05, 4.69) is 4.98 Å². The number of hydrogen-bond donors (Lipinski definition) is 2. The quantitative estimate of drug-likeness (QED) is 0.435. The molecule has 1 saturated heterocycles. The zero-order valence-electron chi connectivity index (χ0n) is 20.4. The van der Waals surface area contributed by atoms with Crippen molar-refractivity contribution in [3.05, 3.63) is 64.9 Å². The third-order valence-electron chi connectivity index (χ3n) is 7.35. The van der Waals surface area contributed by atoms with Gasteiger partial charge in [-0.3, -0.25) is 14.2 Å². The Hall–Kier alpha value is -2.62. The summed E-state index contributed by atoms with van der Waals surface area (Å²) in [5, 5.41) is 10.6. The average Bonchev–Trinajstić information content (AvgIpc) is 3.17. The van der Waals surface area contributed by atoms with Crippen LogP contribution in [0, 0.1) is 17.6 Å². The number of aliphatic hydroxyl groups excluding tert-OH is 1. The number of H-pyrrole nitrogens is 1. The summed E-state index contributed by atoms with van der Waals surface area (Å²) in [5.41, 5.74) is 0.252. The Balaban J connectivity index is 1.52. The van der Waals surface area contributed by atoms with Crippen LogP contribution in [0.4, 0.5) is 17.6 Å². The summed E-state index contributed by atoms with van der Waals surface area (Å²) in [7, 11) is 0. The third kappa shape index (κ3) is 4.60. The van der Waals surface area contributed by atoms with Gasteiger partial charge in [0.2, 0.25) is 0 Å². The molecule has 2 aliphatic rings. The van der Waals surface area contributed by atoms with Crippen LogP contribution < -0.4 is 4.74 Å². The van der Waals surface area contributed by atoms with E-state index in [0.29, 0.717) is 25.2 Å². The molecule has 1 aromatic heterocycles. The van der Waals surface area contributed by atoms with E-state index in [1.807, 2.05) is 36.1 Å². The predicted octanol–water partition coefficient (Wildman–Crippen LogP) is 4.74. The summed E-state index contributed by atoms with van der Waals surface area (Å²) in [5.74, 6) is -1.58. The van der Waals surface area contributed by atoms with Crippen LogP contribution >= 0.6 is 0 Å². The van der Waals surface area contributed by atoms with Gasteiger partial charge in [-0.15, -0.1) is 0 Å². The Kier molecular flexibility index (Phi) is 6.74. The van der Waals surface area contributed by atoms with Crippen LogP contribution in [0.2, 0.25) is 0 Å². The molecule has 3 heterocycles. The molecule has 0 unspecified atom stereocenters. The highest BCUT2D eigenvalue weighted by atomic mass is 19.1. The number of ether oxygens (including phenoxy) is 1. The molecular formula is C27H31F4N3O2. The van der Waals surface area contributed by atoms with Gasteiger partial charge in [0.1, 0.15) is 29.8 Å². The Morgan fingerprint density at radius 1 is 1.17 bits per heavy atom. The highest BCUT2D eigenvalue weighted by molar-refractivity contribution is 5.85. The van der Waals surface area contributed by atoms with E-state index in [0.717, 1.165) is 28.6 Å². The first kappa shape index (κ1) is 25.0. The lowest BCUT2D eigenvalue weighted by Crippen LogP contribution is -2.50. The van der Waals surface area contributed by atoms with Crippen LogP contribution in [-0.2, 0) is 6.42 Å². The van der Waals surface area contributed by atoms with Gasteiger partial charge in [0.05, 0.1) is 19.3 Å². The molecule has 0 bridgehead atoms. The monoisotopic (exact) mass is 505 g/mol. The maximum Gasteiger partial charge on any atom is 0.143 e. The van der Waals surface area contributed by atoms with Gasteiger partial charge in [0.15, 0.2) is 0 Å². The maximum absolute atomic E-state index is 15.6. The SMILES string of the molecule is C[C@@H]1Cc2c([nH]c3ccccc23)[C@@H](c2c(F)cc(OCN3CC(CF)C3)cc2F)N1C[C@](C)(F)CO. The molecule has 0 radical (unpaired) electrons. The summed E-state index contributed by atoms with van der Waals surface area (Å²) in [6.07, 6.45) is 0.567. The molecule has 194 valence electrons. The molecule has 9 heteroatoms. The topological polar surface area (TPSA) is 51.7 Å². The van der Waals surface area contributed by atoms with E-state index in [1.54, 1.807) is 4.90 Å². The number of fused-ring (bicyclic) bond motifs is 3. The Bertz CT molecular complexity index is 1220. The van der Waals surface area contributed by atoms with Gasteiger partial charge < -0.3 is 14.8 Å². The predicted molar refractivity (Wildman–Crippen MR) is 130 cm³/mol. The molecular weight excluding hydrogens is 474 g/mol. The summed E-state index contributed by atoms with van der Waals surface area (Å²) in [6.45, 7) is 3.08. The number of rotatable bonds is 8. The molecule has 5 rings (SSSR count). The lowest BCUT2D eigenvalue weighted by Gasteiger charge is -2.43. The lowest BCUT2D eigenvalue weighted by molar-refractivity contribution is 0.0142. The molecule has 2 aromatic carbocycles. The van der Waals surface area contributed by atoms with E-state index in [4.69, 9.17) is 4.74 Å². The van der Waals surface area contributed by atoms with Crippen LogP contribution in [-0.4, -0.2) is 71.2 Å². The fraction of sp³-hybridized carbons (Fsp3) is 0.481. The fourth-order valence-corrected chi connectivity index (χ4v) is 5.45. The smallest absolute Gasteiger partial charge is 0.143 e. The number of benzene rings is 2. The van der Waals surface area contributed by atoms with Gasteiger partial charge in [-0.25, -0.2) is 13.2 Å². The second-order valence-corrected chi connectivity index (χ2v) is 10.4. The highest BCUT2D eigenvalue weighted by Gasteiger charge is 2.42. The van der Waals surface area contributed by atoms with Crippen molar-refractivity contribution in [1.82, 2.24) is 14.8 Å². The average molecular weight is 506 g/mol. The van der Waals surface area contributed by atoms with E-state index >= 15 is 13.2 Å². The molecule has 0 aliphatic carbocycles. The van der Waals surface area contributed by atoms with Crippen LogP contribution in [0.3, 0.4) is 0 Å². The molecule has 0 spiro atoms. The molecule has 36 heavy (non-hydrogen) atoms. The molecule has 0 saturated carbocycles. The van der Waals surface area contributed by atoms with Crippen molar-refractivity contribution in [2.24, 2.45) is 5.92 Å². The zero-order chi connectivity index (χ0) is 25.6. The standard InChI is InChI=1S/C27H31F4N3O2/c1-16-7-20-19-5-3-4-6-23(19)32-25(20)26(34(16)13-27(2,31)14-35)24-21(29)8-18(9-22(24)30)36-15-33-11-17(10-28)12-33/h3-6,8-9,16-17,26,32,35H,7,10-15H2,1-2H3/t16-,26-,27+/m1/s1. The highest BCUT2D eigenvalue weighted by Crippen LogP contribution is 2.43. The van der Waals surface area contributed by atoms with Crippen LogP contribution in [0.5, 0.6) is 5.75 Å². The van der Waals surface area contributed by atoms with Crippen LogP contribution in [0.1, 0.15) is 36.7 Å². The summed E-state index contributed by atoms with van der Waals surface area (Å²) >= 11 is 0. The summed E-state index contributed by atoms with van der Waals surface area (Å²) in [6, 6.07) is 8.78. The number of aromatic amines is 1. The van der Waals surface area contributed by atoms with E-state index in [-0.39, 0.29) is 36.5 Å². The van der Waals surface area contributed by atoms with Crippen LogP contribution in [0.25, 0.3) is 10.9 Å². The van der Waals surface area contributed by atoms with Crippen molar-refractivity contribution in [3.63, 3.8) is 0 Å². The van der Waals surface area contributed by atoms with Gasteiger partial charge in [-0.2, -0.15) is 0 Å². The second kappa shape index (κ2) is 9.68. The number of likely N-dealkylation sites (tertiary alicyclic amines) is 1. The van der Waals surface area contributed by atoms with E-state index < -0.39 is 36.6 Å². The van der Waals surface area contributed by atoms with Crippen molar-refractivity contribution in [2.45, 2.75) is 38.0 Å². The maximum atomic E-state index is 15.6. The van der Waals surface area contributed by atoms with Gasteiger partial charge in [-0.05, 0) is 31.9 Å². The molecule has 0 amide bonds. The first-order chi connectivity index (χ1) is 17.2. The first-order valence-electron chi connectivity index (χ1n) is 12.3. The van der Waals surface area contributed by atoms with E-state index in [1.165, 1.54) is 6.92 Å². The normalized spacial score (nSPS) is 22.9. The van der Waals surface area contributed by atoms with Crippen LogP contribution in [0.15, 0.2) is 36.4 Å². The first-order valence-corrected chi connectivity index (χ1v) is 12.3. The molecule has 1 fully saturated rings. The number of nitrogens with one attached hydrogen (secondary N) is 1. The number of hydrogen-bond acceptors (Lipinski definition) is 4. The fourth-order valence-electron chi connectivity index (χ4n) is 5.45. The minimum atomic E-state index is -1.96. The lowest BCUT2D eigenvalue weighted by atomic mass is 9.87. The minimum absolute atomic E-state index is 0.0191. The Morgan fingerprint density at radius 2 is 1.86 bits per heavy atom. The largest absolute Gasteiger partial charge is 0.478 e. The number of halogens is 4. The summed E-state index contributed by atoms with van der Waals surface area (Å²) in [4.78, 5) is 6.89. The van der Waals surface area contributed by atoms with Gasteiger partial charge in [0, 0.05) is 65.9 Å². The number of para-hydroxylation sites is 1. The van der Waals surface area contributed by atoms with Crippen molar-refractivity contribution in [1.29, 1.82) is 0 Å². The van der Waals surface area contributed by atoms with Crippen molar-refractivity contribution in [3.8, 4) is 5.75 Å². The second-order valence-electron chi connectivity index (χ2n) is 10.4.